The SMILES string of the molecule is Cc1c(CCc2ccc(-c3ccc(S(=O)(=O)N[C@@H](C(=O)O)C(C)O)cc3)cc2)ncc2ccccc12. The molecule has 1 unspecified atom stereocenters. The van der Waals surface area contributed by atoms with Crippen LogP contribution in [-0.4, -0.2) is 41.7 Å². The number of hydrogen-bond donors (Lipinski definition) is 3. The van der Waals surface area contributed by atoms with Gasteiger partial charge in [0.1, 0.15) is 6.04 Å². The van der Waals surface area contributed by atoms with E-state index in [1.807, 2.05) is 35.2 Å². The first-order valence-electron chi connectivity index (χ1n) is 11.6. The van der Waals surface area contributed by atoms with Gasteiger partial charge in [-0.05, 0) is 66.5 Å². The number of carboxylic acid groups (broad SMARTS) is 1. The largest absolute Gasteiger partial charge is 0.480 e. The zero-order valence-corrected chi connectivity index (χ0v) is 20.9. The lowest BCUT2D eigenvalue weighted by Crippen LogP contribution is -2.47. The van der Waals surface area contributed by atoms with Crippen molar-refractivity contribution in [3.63, 3.8) is 0 Å². The van der Waals surface area contributed by atoms with Gasteiger partial charge in [0.2, 0.25) is 10.0 Å². The van der Waals surface area contributed by atoms with Crippen LogP contribution in [0.25, 0.3) is 21.9 Å². The van der Waals surface area contributed by atoms with Gasteiger partial charge in [0.15, 0.2) is 0 Å². The van der Waals surface area contributed by atoms with Gasteiger partial charge in [0.25, 0.3) is 0 Å². The normalized spacial score (nSPS) is 13.4. The van der Waals surface area contributed by atoms with Gasteiger partial charge < -0.3 is 10.2 Å². The van der Waals surface area contributed by atoms with Gasteiger partial charge >= 0.3 is 5.97 Å². The average Bonchev–Trinajstić information content (AvgIpc) is 2.87. The number of aryl methyl sites for hydroxylation is 3. The van der Waals surface area contributed by atoms with Crippen molar-refractivity contribution >= 4 is 26.8 Å². The van der Waals surface area contributed by atoms with E-state index in [4.69, 9.17) is 5.11 Å². The van der Waals surface area contributed by atoms with E-state index in [0.717, 1.165) is 35.0 Å². The molecule has 36 heavy (non-hydrogen) atoms. The van der Waals surface area contributed by atoms with Crippen LogP contribution >= 0.6 is 0 Å². The summed E-state index contributed by atoms with van der Waals surface area (Å²) in [6, 6.07) is 20.9. The molecular formula is C28H28N2O5S. The third-order valence-corrected chi connectivity index (χ3v) is 7.75. The van der Waals surface area contributed by atoms with E-state index in [-0.39, 0.29) is 4.90 Å². The number of carbonyl (C=O) groups is 1. The molecule has 4 aromatic rings. The molecule has 0 radical (unpaired) electrons. The number of benzene rings is 3. The van der Waals surface area contributed by atoms with Gasteiger partial charge in [-0.25, -0.2) is 8.42 Å². The maximum atomic E-state index is 12.5. The van der Waals surface area contributed by atoms with Crippen LogP contribution in [0.5, 0.6) is 0 Å². The molecule has 7 nitrogen and oxygen atoms in total. The number of fused-ring (bicyclic) bond motifs is 1. The number of rotatable bonds is 9. The Morgan fingerprint density at radius 1 is 0.944 bits per heavy atom. The van der Waals surface area contributed by atoms with Crippen LogP contribution in [0.2, 0.25) is 0 Å². The van der Waals surface area contributed by atoms with Crippen molar-refractivity contribution in [1.82, 2.24) is 9.71 Å². The Kier molecular flexibility index (Phi) is 7.49. The Hall–Kier alpha value is -3.59. The molecule has 0 spiro atoms. The minimum Gasteiger partial charge on any atom is -0.480 e. The highest BCUT2D eigenvalue weighted by molar-refractivity contribution is 7.89. The first-order chi connectivity index (χ1) is 17.2. The predicted octanol–water partition coefficient (Wildman–Crippen LogP) is 4.11. The van der Waals surface area contributed by atoms with E-state index in [1.54, 1.807) is 12.1 Å². The van der Waals surface area contributed by atoms with Crippen LogP contribution < -0.4 is 4.72 Å². The van der Waals surface area contributed by atoms with Gasteiger partial charge in [-0.1, -0.05) is 60.7 Å². The summed E-state index contributed by atoms with van der Waals surface area (Å²) >= 11 is 0. The summed E-state index contributed by atoms with van der Waals surface area (Å²) in [4.78, 5) is 15.8. The van der Waals surface area contributed by atoms with Crippen molar-refractivity contribution in [2.75, 3.05) is 0 Å². The Balaban J connectivity index is 1.44. The summed E-state index contributed by atoms with van der Waals surface area (Å²) in [5.41, 5.74) is 5.23. The second-order valence-electron chi connectivity index (χ2n) is 8.82. The number of aliphatic hydroxyl groups is 1. The molecule has 186 valence electrons. The van der Waals surface area contributed by atoms with E-state index in [2.05, 4.69) is 36.2 Å². The number of nitrogens with zero attached hydrogens (tertiary/aromatic N) is 1. The molecule has 3 aromatic carbocycles. The summed E-state index contributed by atoms with van der Waals surface area (Å²) in [5.74, 6) is -1.45. The van der Waals surface area contributed by atoms with Crippen molar-refractivity contribution in [2.24, 2.45) is 0 Å². The zero-order chi connectivity index (χ0) is 25.9. The highest BCUT2D eigenvalue weighted by Gasteiger charge is 2.29. The average molecular weight is 505 g/mol. The summed E-state index contributed by atoms with van der Waals surface area (Å²) in [5, 5.41) is 21.1. The minimum atomic E-state index is -4.10. The molecule has 1 aromatic heterocycles. The molecule has 0 saturated carbocycles. The van der Waals surface area contributed by atoms with Gasteiger partial charge in [0.05, 0.1) is 11.0 Å². The summed E-state index contributed by atoms with van der Waals surface area (Å²) < 4.78 is 27.1. The lowest BCUT2D eigenvalue weighted by atomic mass is 9.99. The van der Waals surface area contributed by atoms with Crippen LogP contribution in [0, 0.1) is 6.92 Å². The van der Waals surface area contributed by atoms with E-state index < -0.39 is 28.1 Å². The molecule has 0 amide bonds. The number of carboxylic acids is 1. The number of sulfonamides is 1. The molecule has 0 saturated heterocycles. The molecule has 8 heteroatoms. The quantitative estimate of drug-likeness (QED) is 0.316. The molecule has 0 aliphatic heterocycles. The van der Waals surface area contributed by atoms with Crippen molar-refractivity contribution in [3.05, 3.63) is 95.8 Å². The smallest absolute Gasteiger partial charge is 0.324 e. The Bertz CT molecular complexity index is 1480. The second-order valence-corrected chi connectivity index (χ2v) is 10.5. The zero-order valence-electron chi connectivity index (χ0n) is 20.0. The second kappa shape index (κ2) is 10.6. The first kappa shape index (κ1) is 25.5. The molecule has 2 atom stereocenters. The van der Waals surface area contributed by atoms with E-state index in [0.29, 0.717) is 0 Å². The van der Waals surface area contributed by atoms with E-state index >= 15 is 0 Å². The van der Waals surface area contributed by atoms with Crippen molar-refractivity contribution in [1.29, 1.82) is 0 Å². The maximum absolute atomic E-state index is 12.5. The molecule has 0 bridgehead atoms. The lowest BCUT2D eigenvalue weighted by Gasteiger charge is -2.17. The predicted molar refractivity (Wildman–Crippen MR) is 139 cm³/mol. The lowest BCUT2D eigenvalue weighted by molar-refractivity contribution is -0.141. The number of aliphatic hydroxyl groups excluding tert-OH is 1. The van der Waals surface area contributed by atoms with Gasteiger partial charge in [-0.15, -0.1) is 0 Å². The van der Waals surface area contributed by atoms with Crippen molar-refractivity contribution < 1.29 is 23.4 Å². The van der Waals surface area contributed by atoms with Gasteiger partial charge in [0, 0.05) is 17.3 Å². The molecular weight excluding hydrogens is 476 g/mol. The highest BCUT2D eigenvalue weighted by atomic mass is 32.2. The fraction of sp³-hybridized carbons (Fsp3) is 0.214. The molecule has 0 fully saturated rings. The van der Waals surface area contributed by atoms with Crippen LogP contribution in [-0.2, 0) is 27.7 Å². The summed E-state index contributed by atoms with van der Waals surface area (Å²) in [6.45, 7) is 3.33. The minimum absolute atomic E-state index is 0.0759. The Morgan fingerprint density at radius 2 is 1.56 bits per heavy atom. The fourth-order valence-corrected chi connectivity index (χ4v) is 5.41. The first-order valence-corrected chi connectivity index (χ1v) is 13.1. The molecule has 0 aliphatic carbocycles. The standard InChI is InChI=1S/C28H28N2O5S/c1-18-25-6-4-3-5-23(25)17-29-26(18)16-9-20-7-10-21(11-8-20)22-12-14-24(15-13-22)36(34,35)30-27(19(2)31)28(32)33/h3-8,10-15,17,19,27,30-31H,9,16H2,1-2H3,(H,32,33)/t19?,27-/m1/s1. The summed E-state index contributed by atoms with van der Waals surface area (Å²) in [7, 11) is -4.10. The van der Waals surface area contributed by atoms with Crippen LogP contribution in [0.1, 0.15) is 23.7 Å². The topological polar surface area (TPSA) is 117 Å². The number of pyridine rings is 1. The van der Waals surface area contributed by atoms with Gasteiger partial charge in [-0.3, -0.25) is 9.78 Å². The van der Waals surface area contributed by atoms with Crippen LogP contribution in [0.3, 0.4) is 0 Å². The van der Waals surface area contributed by atoms with E-state index in [9.17, 15) is 18.3 Å². The van der Waals surface area contributed by atoms with Crippen molar-refractivity contribution in [3.8, 4) is 11.1 Å². The molecule has 1 heterocycles. The van der Waals surface area contributed by atoms with Gasteiger partial charge in [-0.2, -0.15) is 4.72 Å². The maximum Gasteiger partial charge on any atom is 0.324 e. The van der Waals surface area contributed by atoms with E-state index in [1.165, 1.54) is 35.6 Å². The molecule has 0 aliphatic rings. The third kappa shape index (κ3) is 5.62. The Morgan fingerprint density at radius 3 is 2.17 bits per heavy atom. The van der Waals surface area contributed by atoms with Crippen LogP contribution in [0.4, 0.5) is 0 Å². The number of hydrogen-bond acceptors (Lipinski definition) is 5. The monoisotopic (exact) mass is 504 g/mol. The molecule has 3 N–H and O–H groups in total. The number of aromatic nitrogens is 1. The third-order valence-electron chi connectivity index (χ3n) is 6.29. The fourth-order valence-electron chi connectivity index (χ4n) is 4.15. The number of aliphatic carboxylic acids is 1. The highest BCUT2D eigenvalue weighted by Crippen LogP contribution is 2.24. The number of nitrogens with one attached hydrogen (secondary N) is 1. The summed E-state index contributed by atoms with van der Waals surface area (Å²) in [6.07, 6.45) is 2.23. The van der Waals surface area contributed by atoms with Crippen molar-refractivity contribution in [2.45, 2.75) is 43.7 Å². The van der Waals surface area contributed by atoms with Crippen LogP contribution in [0.15, 0.2) is 83.9 Å². The Labute approximate surface area is 210 Å². The molecule has 4 rings (SSSR count).